The molecule has 1 saturated heterocycles. The summed E-state index contributed by atoms with van der Waals surface area (Å²) in [4.78, 5) is 8.65. The average Bonchev–Trinajstić information content (AvgIpc) is 2.22. The van der Waals surface area contributed by atoms with Gasteiger partial charge in [-0.1, -0.05) is 0 Å². The average molecular weight is 321 g/mol. The Bertz CT molecular complexity index is 62.1. The van der Waals surface area contributed by atoms with Gasteiger partial charge in [0.1, 0.15) is 0 Å². The van der Waals surface area contributed by atoms with E-state index in [1.807, 2.05) is 0 Å². The van der Waals surface area contributed by atoms with Crippen LogP contribution in [-0.2, 0) is 32.5 Å². The van der Waals surface area contributed by atoms with Crippen LogP contribution in [0.25, 0.3) is 0 Å². The molecule has 1 aliphatic rings. The fourth-order valence-electron chi connectivity index (χ4n) is 0.0814. The van der Waals surface area contributed by atoms with Crippen molar-refractivity contribution in [3.63, 3.8) is 0 Å². The monoisotopic (exact) mass is 322 g/mol. The summed E-state index contributed by atoms with van der Waals surface area (Å²) in [6, 6.07) is 0. The quantitative estimate of drug-likeness (QED) is 0.395. The fourth-order valence-corrected chi connectivity index (χ4v) is 0.244. The number of hydrogen-bond acceptors (Lipinski definition) is 3. The molecule has 0 aromatic rings. The van der Waals surface area contributed by atoms with E-state index in [0.717, 1.165) is 0 Å². The maximum Gasteiger partial charge on any atom is -0.412 e. The molecule has 0 aliphatic carbocycles. The second-order valence-corrected chi connectivity index (χ2v) is 1.59. The van der Waals surface area contributed by atoms with Crippen LogP contribution in [0.2, 0.25) is 0 Å². The summed E-state index contributed by atoms with van der Waals surface area (Å²) in [5, 5.41) is 0. The molecule has 0 bridgehead atoms. The maximum absolute atomic E-state index is 4.60. The number of hydrogen-bond donors (Lipinski definition) is 0. The summed E-state index contributed by atoms with van der Waals surface area (Å²) in [6.45, 7) is 1.69. The van der Waals surface area contributed by atoms with Crippen molar-refractivity contribution in [1.82, 2.24) is 0 Å². The molecule has 0 saturated carbocycles. The van der Waals surface area contributed by atoms with E-state index in [4.69, 9.17) is 0 Å². The predicted molar refractivity (Wildman–Crippen MR) is 22.5 cm³/mol. The molecular formula is C2H9IrO6. The van der Waals surface area contributed by atoms with E-state index in [1.165, 1.54) is 19.3 Å². The van der Waals surface area contributed by atoms with Crippen LogP contribution in [0.3, 0.4) is 0 Å². The zero-order chi connectivity index (χ0) is 4.62. The zero-order valence-corrected chi connectivity index (χ0v) is 6.95. The van der Waals surface area contributed by atoms with Crippen molar-refractivity contribution in [2.45, 2.75) is 12.9 Å². The third-order valence-corrected chi connectivity index (χ3v) is 1.33. The second-order valence-electron chi connectivity index (χ2n) is 1.10. The van der Waals surface area contributed by atoms with Crippen molar-refractivity contribution in [1.29, 1.82) is 0 Å². The largest absolute Gasteiger partial charge is 0.412 e. The molecule has 0 amide bonds. The van der Waals surface area contributed by atoms with E-state index >= 15 is 0 Å². The summed E-state index contributed by atoms with van der Waals surface area (Å²) in [7, 11) is 0. The first-order valence-electron chi connectivity index (χ1n) is 1.42. The summed E-state index contributed by atoms with van der Waals surface area (Å²) < 4.78 is 4.60. The number of rotatable bonds is 1. The summed E-state index contributed by atoms with van der Waals surface area (Å²) in [5.41, 5.74) is 0. The normalized spacial score (nSPS) is 18.1. The first kappa shape index (κ1) is 16.2. The Morgan fingerprint density at radius 1 is 1.22 bits per heavy atom. The van der Waals surface area contributed by atoms with Crippen molar-refractivity contribution < 1.29 is 49.0 Å². The van der Waals surface area contributed by atoms with Crippen molar-refractivity contribution in [2.75, 3.05) is 0 Å². The molecule has 7 heteroatoms. The van der Waals surface area contributed by atoms with Crippen LogP contribution in [0.15, 0.2) is 0 Å². The van der Waals surface area contributed by atoms with E-state index in [0.29, 0.717) is 0 Å². The zero-order valence-electron chi connectivity index (χ0n) is 4.56. The van der Waals surface area contributed by atoms with Gasteiger partial charge in [0.25, 0.3) is 0 Å². The maximum atomic E-state index is 4.60. The van der Waals surface area contributed by atoms with Crippen LogP contribution in [0, 0.1) is 0 Å². The third kappa shape index (κ3) is 4.89. The molecule has 9 heavy (non-hydrogen) atoms. The molecule has 0 aromatic carbocycles. The van der Waals surface area contributed by atoms with E-state index < -0.39 is 5.97 Å². The molecule has 62 valence electrons. The molecule has 6 nitrogen and oxygen atoms in total. The van der Waals surface area contributed by atoms with Gasteiger partial charge in [-0.3, -0.25) is 0 Å². The minimum absolute atomic E-state index is 0. The van der Waals surface area contributed by atoms with Gasteiger partial charge < -0.3 is 16.4 Å². The molecule has 0 spiro atoms. The molecular weight excluding hydrogens is 312 g/mol. The van der Waals surface area contributed by atoms with Gasteiger partial charge in [0.15, 0.2) is 0 Å². The van der Waals surface area contributed by atoms with Crippen LogP contribution in [0.1, 0.15) is 6.92 Å². The topological polar surface area (TPSA) is 129 Å². The molecule has 0 aromatic heterocycles. The van der Waals surface area contributed by atoms with Crippen LogP contribution < -0.4 is 0 Å². The van der Waals surface area contributed by atoms with Crippen LogP contribution in [0.5, 0.6) is 0 Å². The molecule has 0 unspecified atom stereocenters. The first-order valence-corrected chi connectivity index (χ1v) is 2.39. The van der Waals surface area contributed by atoms with Crippen molar-refractivity contribution in [3.8, 4) is 0 Å². The Kier molecular flexibility index (Phi) is 9.38. The van der Waals surface area contributed by atoms with Gasteiger partial charge in [-0.25, -0.2) is 0 Å². The Labute approximate surface area is 62.5 Å². The molecule has 1 aliphatic heterocycles. The summed E-state index contributed by atoms with van der Waals surface area (Å²) in [5.74, 6) is -0.708. The van der Waals surface area contributed by atoms with E-state index in [1.54, 1.807) is 6.92 Å². The fraction of sp³-hybridized carbons (Fsp3) is 1.00. The minimum atomic E-state index is -0.708. The van der Waals surface area contributed by atoms with E-state index in [2.05, 4.69) is 13.3 Å². The molecule has 0 atom stereocenters. The Morgan fingerprint density at radius 2 is 1.56 bits per heavy atom. The third-order valence-electron chi connectivity index (χ3n) is 0.442. The minimum Gasteiger partial charge on any atom is -0.412 e. The standard InChI is InChI=1S/C2H3O3.Ir.3H2O/c1-2(3)4-5-2;;;;/h1H3;;3*1H2/q-1;+1;;;. The van der Waals surface area contributed by atoms with Gasteiger partial charge in [-0.15, -0.1) is 0 Å². The second kappa shape index (κ2) is 5.21. The molecule has 1 fully saturated rings. The van der Waals surface area contributed by atoms with Gasteiger partial charge in [0, 0.05) is 0 Å². The van der Waals surface area contributed by atoms with Crippen LogP contribution in [-0.4, -0.2) is 22.4 Å². The summed E-state index contributed by atoms with van der Waals surface area (Å²) in [6.07, 6.45) is 0. The Balaban J connectivity index is -0.000000120. The van der Waals surface area contributed by atoms with E-state index in [9.17, 15) is 0 Å². The Hall–Kier alpha value is 0.409. The van der Waals surface area contributed by atoms with Crippen molar-refractivity contribution in [2.24, 2.45) is 0 Å². The van der Waals surface area contributed by atoms with Gasteiger partial charge in [-0.05, 0) is 0 Å². The van der Waals surface area contributed by atoms with Gasteiger partial charge in [-0.2, -0.15) is 0 Å². The van der Waals surface area contributed by atoms with Gasteiger partial charge in [0.05, 0.1) is 0 Å². The van der Waals surface area contributed by atoms with Crippen molar-refractivity contribution >= 4 is 0 Å². The van der Waals surface area contributed by atoms with Crippen LogP contribution in [0.4, 0.5) is 0 Å². The SMILES string of the molecule is CC1([O][Ir])OO1.O.O.O. The Morgan fingerprint density at radius 3 is 1.56 bits per heavy atom. The predicted octanol–water partition coefficient (Wildman–Crippen LogP) is -2.37. The molecule has 0 radical (unpaired) electrons. The molecule has 1 heterocycles. The van der Waals surface area contributed by atoms with E-state index in [-0.39, 0.29) is 16.4 Å². The summed E-state index contributed by atoms with van der Waals surface area (Å²) >= 11 is 1.52. The molecule has 6 N–H and O–H groups in total. The van der Waals surface area contributed by atoms with Gasteiger partial charge >= 0.3 is 45.4 Å². The van der Waals surface area contributed by atoms with Crippen molar-refractivity contribution in [3.05, 3.63) is 0 Å². The molecule has 1 rings (SSSR count). The van der Waals surface area contributed by atoms with Crippen LogP contribution >= 0.6 is 0 Å². The first-order chi connectivity index (χ1) is 2.77. The smallest absolute Gasteiger partial charge is 0.412 e. The van der Waals surface area contributed by atoms with Gasteiger partial charge in [0.2, 0.25) is 0 Å².